The van der Waals surface area contributed by atoms with Gasteiger partial charge in [0.05, 0.1) is 11.9 Å². The zero-order valence-electron chi connectivity index (χ0n) is 12.5. The number of carbonyl (C=O) groups is 1. The van der Waals surface area contributed by atoms with Gasteiger partial charge in [-0.1, -0.05) is 0 Å². The van der Waals surface area contributed by atoms with E-state index in [1.165, 1.54) is 5.56 Å². The molecule has 114 valence electrons. The van der Waals surface area contributed by atoms with Gasteiger partial charge in [-0.05, 0) is 24.1 Å². The molecule has 2 aliphatic rings. The van der Waals surface area contributed by atoms with Gasteiger partial charge < -0.3 is 10.6 Å². The van der Waals surface area contributed by atoms with E-state index < -0.39 is 0 Å². The molecule has 2 aromatic heterocycles. The van der Waals surface area contributed by atoms with Crippen LogP contribution in [0.2, 0.25) is 0 Å². The van der Waals surface area contributed by atoms with Crippen LogP contribution in [0.15, 0.2) is 24.5 Å². The van der Waals surface area contributed by atoms with E-state index in [4.69, 9.17) is 0 Å². The van der Waals surface area contributed by atoms with E-state index in [-0.39, 0.29) is 11.8 Å². The van der Waals surface area contributed by atoms with Gasteiger partial charge in [0.1, 0.15) is 0 Å². The summed E-state index contributed by atoms with van der Waals surface area (Å²) >= 11 is 0. The summed E-state index contributed by atoms with van der Waals surface area (Å²) in [5, 5.41) is 10.5. The highest BCUT2D eigenvalue weighted by molar-refractivity contribution is 5.95. The van der Waals surface area contributed by atoms with Gasteiger partial charge in [-0.3, -0.25) is 14.5 Å². The van der Waals surface area contributed by atoms with E-state index in [9.17, 15) is 4.79 Å². The van der Waals surface area contributed by atoms with Crippen LogP contribution in [0.5, 0.6) is 0 Å². The fraction of sp³-hybridized carbons (Fsp3) is 0.438. The largest absolute Gasteiger partial charge is 0.324 e. The molecule has 0 unspecified atom stereocenters. The zero-order chi connectivity index (χ0) is 15.1. The second-order valence-electron chi connectivity index (χ2n) is 6.07. The first-order valence-corrected chi connectivity index (χ1v) is 7.69. The fourth-order valence-electron chi connectivity index (χ4n) is 3.21. The average molecular weight is 297 g/mol. The molecule has 2 atom stereocenters. The molecular weight excluding hydrogens is 278 g/mol. The molecule has 1 aliphatic heterocycles. The molecule has 1 fully saturated rings. The molecule has 0 spiro atoms. The topological polar surface area (TPSA) is 71.8 Å². The Balaban J connectivity index is 1.44. The molecule has 22 heavy (non-hydrogen) atoms. The van der Waals surface area contributed by atoms with Gasteiger partial charge in [-0.25, -0.2) is 0 Å². The van der Waals surface area contributed by atoms with Crippen molar-refractivity contribution in [2.75, 3.05) is 11.9 Å². The summed E-state index contributed by atoms with van der Waals surface area (Å²) in [6, 6.07) is 4.03. The van der Waals surface area contributed by atoms with Crippen molar-refractivity contribution in [3.05, 3.63) is 41.5 Å². The number of anilines is 1. The summed E-state index contributed by atoms with van der Waals surface area (Å²) in [5.41, 5.74) is 4.25. The molecule has 1 saturated carbocycles. The Hall–Kier alpha value is -2.21. The molecule has 0 bridgehead atoms. The number of nitrogens with zero attached hydrogens (tertiary/aromatic N) is 3. The minimum Gasteiger partial charge on any atom is -0.324 e. The second kappa shape index (κ2) is 5.21. The quantitative estimate of drug-likeness (QED) is 0.893. The van der Waals surface area contributed by atoms with E-state index in [1.54, 1.807) is 12.4 Å². The number of hydrogen-bond donors (Lipinski definition) is 2. The van der Waals surface area contributed by atoms with Crippen LogP contribution in [-0.4, -0.2) is 27.2 Å². The van der Waals surface area contributed by atoms with E-state index in [1.807, 2.05) is 23.9 Å². The molecule has 1 amide bonds. The number of nitrogens with one attached hydrogen (secondary N) is 2. The minimum absolute atomic E-state index is 0.0459. The third-order valence-electron chi connectivity index (χ3n) is 4.55. The van der Waals surface area contributed by atoms with E-state index in [0.717, 1.165) is 43.0 Å². The first-order valence-electron chi connectivity index (χ1n) is 7.69. The van der Waals surface area contributed by atoms with Crippen LogP contribution in [-0.2, 0) is 24.8 Å². The van der Waals surface area contributed by atoms with Gasteiger partial charge in [0.2, 0.25) is 5.91 Å². The summed E-state index contributed by atoms with van der Waals surface area (Å²) in [5.74, 6) is 0.418. The molecule has 3 heterocycles. The molecule has 0 saturated heterocycles. The monoisotopic (exact) mass is 297 g/mol. The van der Waals surface area contributed by atoms with Crippen molar-refractivity contribution < 1.29 is 4.79 Å². The van der Waals surface area contributed by atoms with Gasteiger partial charge >= 0.3 is 0 Å². The third kappa shape index (κ3) is 2.39. The highest BCUT2D eigenvalue weighted by Gasteiger charge is 2.45. The van der Waals surface area contributed by atoms with Gasteiger partial charge in [0.25, 0.3) is 0 Å². The zero-order valence-corrected chi connectivity index (χ0v) is 12.5. The lowest BCUT2D eigenvalue weighted by Gasteiger charge is -2.17. The molecule has 2 aromatic rings. The first kappa shape index (κ1) is 13.5. The number of carbonyl (C=O) groups excluding carboxylic acids is 1. The molecule has 1 aliphatic carbocycles. The number of hydrogen-bond acceptors (Lipinski definition) is 4. The van der Waals surface area contributed by atoms with Crippen LogP contribution >= 0.6 is 0 Å². The smallest absolute Gasteiger partial charge is 0.228 e. The first-order chi connectivity index (χ1) is 10.7. The summed E-state index contributed by atoms with van der Waals surface area (Å²) in [6.45, 7) is 1.80. The Morgan fingerprint density at radius 2 is 2.41 bits per heavy atom. The number of aromatic nitrogens is 3. The SMILES string of the molecule is Cn1nccc1[C@@H]1C[C@H]1C(=O)Nc1cnc2c(c1)CNCC2. The summed E-state index contributed by atoms with van der Waals surface area (Å²) in [4.78, 5) is 16.8. The highest BCUT2D eigenvalue weighted by atomic mass is 16.2. The van der Waals surface area contributed by atoms with Gasteiger partial charge in [-0.15, -0.1) is 0 Å². The highest BCUT2D eigenvalue weighted by Crippen LogP contribution is 2.47. The van der Waals surface area contributed by atoms with Crippen molar-refractivity contribution in [3.63, 3.8) is 0 Å². The Kier molecular flexibility index (Phi) is 3.18. The van der Waals surface area contributed by atoms with Crippen LogP contribution in [0.1, 0.15) is 29.3 Å². The summed E-state index contributed by atoms with van der Waals surface area (Å²) < 4.78 is 1.85. The maximum absolute atomic E-state index is 12.4. The minimum atomic E-state index is 0.0459. The standard InChI is InChI=1S/C16H19N5O/c1-21-15(3-5-19-21)12-7-13(12)16(22)20-11-6-10-8-17-4-2-14(10)18-9-11/h3,5-6,9,12-13,17H,2,4,7-8H2,1H3,(H,20,22)/t12-,13-/m1/s1. The predicted octanol–water partition coefficient (Wildman–Crippen LogP) is 1.20. The summed E-state index contributed by atoms with van der Waals surface area (Å²) in [6.07, 6.45) is 5.40. The van der Waals surface area contributed by atoms with E-state index >= 15 is 0 Å². The van der Waals surface area contributed by atoms with Gasteiger partial charge in [0, 0.05) is 56.0 Å². The lowest BCUT2D eigenvalue weighted by atomic mass is 10.1. The van der Waals surface area contributed by atoms with Crippen LogP contribution in [0.4, 0.5) is 5.69 Å². The number of amides is 1. The van der Waals surface area contributed by atoms with Crippen molar-refractivity contribution in [2.24, 2.45) is 13.0 Å². The van der Waals surface area contributed by atoms with Crippen molar-refractivity contribution in [3.8, 4) is 0 Å². The summed E-state index contributed by atoms with van der Waals surface area (Å²) in [7, 11) is 1.92. The van der Waals surface area contributed by atoms with Gasteiger partial charge in [-0.2, -0.15) is 5.10 Å². The average Bonchev–Trinajstić information content (AvgIpc) is 3.22. The maximum Gasteiger partial charge on any atom is 0.228 e. The Labute approximate surface area is 128 Å². The lowest BCUT2D eigenvalue weighted by Crippen LogP contribution is -2.25. The second-order valence-corrected chi connectivity index (χ2v) is 6.07. The molecule has 0 aromatic carbocycles. The number of fused-ring (bicyclic) bond motifs is 1. The molecule has 0 radical (unpaired) electrons. The van der Waals surface area contributed by atoms with E-state index in [2.05, 4.69) is 20.7 Å². The van der Waals surface area contributed by atoms with Crippen molar-refractivity contribution in [1.82, 2.24) is 20.1 Å². The van der Waals surface area contributed by atoms with Crippen LogP contribution in [0.25, 0.3) is 0 Å². The Bertz CT molecular complexity index is 723. The molecule has 2 N–H and O–H groups in total. The lowest BCUT2D eigenvalue weighted by molar-refractivity contribution is -0.117. The number of rotatable bonds is 3. The molecule has 4 rings (SSSR count). The fourth-order valence-corrected chi connectivity index (χ4v) is 3.21. The van der Waals surface area contributed by atoms with Crippen LogP contribution < -0.4 is 10.6 Å². The normalized spacial score (nSPS) is 23.0. The van der Waals surface area contributed by atoms with Crippen molar-refractivity contribution >= 4 is 11.6 Å². The third-order valence-corrected chi connectivity index (χ3v) is 4.55. The van der Waals surface area contributed by atoms with Gasteiger partial charge in [0.15, 0.2) is 0 Å². The number of aryl methyl sites for hydroxylation is 1. The Morgan fingerprint density at radius 1 is 1.50 bits per heavy atom. The van der Waals surface area contributed by atoms with Crippen LogP contribution in [0.3, 0.4) is 0 Å². The van der Waals surface area contributed by atoms with Crippen LogP contribution in [0, 0.1) is 5.92 Å². The Morgan fingerprint density at radius 3 is 3.23 bits per heavy atom. The van der Waals surface area contributed by atoms with Crippen molar-refractivity contribution in [2.45, 2.75) is 25.3 Å². The molecular formula is C16H19N5O. The van der Waals surface area contributed by atoms with Crippen molar-refractivity contribution in [1.29, 1.82) is 0 Å². The number of pyridine rings is 1. The van der Waals surface area contributed by atoms with E-state index in [0.29, 0.717) is 5.92 Å². The predicted molar refractivity (Wildman–Crippen MR) is 82.3 cm³/mol. The molecule has 6 nitrogen and oxygen atoms in total. The maximum atomic E-state index is 12.4. The molecule has 6 heteroatoms.